The summed E-state index contributed by atoms with van der Waals surface area (Å²) in [5.74, 6) is -1.65. The molecule has 1 N–H and O–H groups in total. The molecule has 112 valence electrons. The van der Waals surface area contributed by atoms with Gasteiger partial charge in [0.25, 0.3) is 0 Å². The summed E-state index contributed by atoms with van der Waals surface area (Å²) < 4.78 is 5.23. The van der Waals surface area contributed by atoms with Crippen molar-refractivity contribution < 1.29 is 19.4 Å². The molecule has 0 aliphatic heterocycles. The van der Waals surface area contributed by atoms with Gasteiger partial charge in [0, 0.05) is 5.57 Å². The molecule has 0 atom stereocenters. The number of carbonyl (C=O) groups is 2. The van der Waals surface area contributed by atoms with Gasteiger partial charge in [-0.2, -0.15) is 0 Å². The molecule has 0 fully saturated rings. The molecular weight excluding hydrogens is 280 g/mol. The van der Waals surface area contributed by atoms with Gasteiger partial charge in [0.15, 0.2) is 0 Å². The van der Waals surface area contributed by atoms with Crippen molar-refractivity contribution in [2.75, 3.05) is 0 Å². The first-order valence-corrected chi connectivity index (χ1v) is 6.78. The highest BCUT2D eigenvalue weighted by atomic mass is 16.5. The molecule has 0 aromatic heterocycles. The van der Waals surface area contributed by atoms with Gasteiger partial charge in [0.2, 0.25) is 0 Å². The molecule has 0 saturated heterocycles. The van der Waals surface area contributed by atoms with E-state index in [1.165, 1.54) is 12.1 Å². The van der Waals surface area contributed by atoms with Crippen LogP contribution >= 0.6 is 0 Å². The molecule has 22 heavy (non-hydrogen) atoms. The van der Waals surface area contributed by atoms with E-state index in [4.69, 9.17) is 9.84 Å². The smallest absolute Gasteiger partial charge is 0.339 e. The number of hydrogen-bond donors (Lipinski definition) is 1. The van der Waals surface area contributed by atoms with Gasteiger partial charge < -0.3 is 9.84 Å². The van der Waals surface area contributed by atoms with Crippen molar-refractivity contribution in [3.63, 3.8) is 0 Å². The number of benzene rings is 2. The van der Waals surface area contributed by atoms with Gasteiger partial charge in [0.1, 0.15) is 11.3 Å². The van der Waals surface area contributed by atoms with Crippen molar-refractivity contribution in [1.29, 1.82) is 0 Å². The largest absolute Gasteiger partial charge is 0.478 e. The summed E-state index contributed by atoms with van der Waals surface area (Å²) in [6, 6.07) is 15.5. The first-order valence-electron chi connectivity index (χ1n) is 6.78. The van der Waals surface area contributed by atoms with E-state index >= 15 is 0 Å². The number of esters is 1. The number of carboxylic acid groups (broad SMARTS) is 1. The van der Waals surface area contributed by atoms with E-state index in [0.717, 1.165) is 11.1 Å². The summed E-state index contributed by atoms with van der Waals surface area (Å²) in [7, 11) is 0. The predicted octanol–water partition coefficient (Wildman–Crippen LogP) is 3.78. The maximum atomic E-state index is 12.2. The Morgan fingerprint density at radius 1 is 0.909 bits per heavy atom. The molecule has 0 heterocycles. The van der Waals surface area contributed by atoms with E-state index in [1.807, 2.05) is 37.3 Å². The number of allylic oxidation sites excluding steroid dienone is 1. The van der Waals surface area contributed by atoms with E-state index < -0.39 is 11.9 Å². The Balaban J connectivity index is 2.28. The van der Waals surface area contributed by atoms with Crippen LogP contribution < -0.4 is 4.74 Å². The van der Waals surface area contributed by atoms with Crippen molar-refractivity contribution in [3.05, 3.63) is 71.3 Å². The third-order valence-electron chi connectivity index (χ3n) is 3.40. The predicted molar refractivity (Wildman–Crippen MR) is 83.7 cm³/mol. The molecule has 0 spiro atoms. The van der Waals surface area contributed by atoms with Gasteiger partial charge in [0.05, 0.1) is 0 Å². The maximum Gasteiger partial charge on any atom is 0.339 e. The second-order valence-corrected chi connectivity index (χ2v) is 4.81. The molecule has 4 heteroatoms. The Hall–Kier alpha value is -2.88. The topological polar surface area (TPSA) is 63.6 Å². The average molecular weight is 296 g/mol. The minimum absolute atomic E-state index is 0.0407. The number of para-hydroxylation sites is 1. The van der Waals surface area contributed by atoms with Gasteiger partial charge in [-0.25, -0.2) is 9.59 Å². The summed E-state index contributed by atoms with van der Waals surface area (Å²) >= 11 is 0. The van der Waals surface area contributed by atoms with E-state index in [-0.39, 0.29) is 11.3 Å². The Morgan fingerprint density at radius 3 is 2.14 bits per heavy atom. The number of aromatic carboxylic acids is 1. The van der Waals surface area contributed by atoms with Gasteiger partial charge in [-0.1, -0.05) is 42.5 Å². The van der Waals surface area contributed by atoms with Crippen LogP contribution in [0.3, 0.4) is 0 Å². The molecular formula is C18H16O4. The molecule has 0 aliphatic carbocycles. The molecule has 2 aromatic rings. The number of carboxylic acids is 1. The minimum atomic E-state index is -1.13. The van der Waals surface area contributed by atoms with Crippen LogP contribution in [0.15, 0.2) is 60.2 Å². The lowest BCUT2D eigenvalue weighted by atomic mass is 10.0. The monoisotopic (exact) mass is 296 g/mol. The van der Waals surface area contributed by atoms with Gasteiger partial charge in [-0.3, -0.25) is 0 Å². The average Bonchev–Trinajstić information content (AvgIpc) is 2.54. The summed E-state index contributed by atoms with van der Waals surface area (Å²) in [6.45, 7) is 3.49. The highest BCUT2D eigenvalue weighted by Gasteiger charge is 2.16. The lowest BCUT2D eigenvalue weighted by molar-refractivity contribution is -0.130. The molecule has 0 saturated carbocycles. The minimum Gasteiger partial charge on any atom is -0.478 e. The first-order chi connectivity index (χ1) is 10.5. The Bertz CT molecular complexity index is 730. The lowest BCUT2D eigenvalue weighted by Crippen LogP contribution is -2.13. The molecule has 0 aliphatic rings. The van der Waals surface area contributed by atoms with Gasteiger partial charge in [-0.05, 0) is 37.1 Å². The lowest BCUT2D eigenvalue weighted by Gasteiger charge is -2.10. The standard InChI is InChI=1S/C18H16O4/c1-12(14-8-4-3-5-9-14)13(2)18(21)22-16-11-7-6-10-15(16)17(19)20/h3-11H,1-2H3,(H,19,20). The molecule has 0 unspecified atom stereocenters. The maximum absolute atomic E-state index is 12.2. The SMILES string of the molecule is CC(C(=O)Oc1ccccc1C(=O)O)=C(C)c1ccccc1. The van der Waals surface area contributed by atoms with Crippen LogP contribution in [0.2, 0.25) is 0 Å². The molecule has 4 nitrogen and oxygen atoms in total. The van der Waals surface area contributed by atoms with E-state index in [0.29, 0.717) is 5.57 Å². The number of ether oxygens (including phenoxy) is 1. The molecule has 2 aromatic carbocycles. The highest BCUT2D eigenvalue weighted by Crippen LogP contribution is 2.22. The fourth-order valence-electron chi connectivity index (χ4n) is 1.97. The zero-order valence-electron chi connectivity index (χ0n) is 12.4. The summed E-state index contributed by atoms with van der Waals surface area (Å²) in [5, 5.41) is 9.10. The zero-order valence-corrected chi connectivity index (χ0v) is 12.4. The van der Waals surface area contributed by atoms with Crippen LogP contribution in [-0.4, -0.2) is 17.0 Å². The zero-order chi connectivity index (χ0) is 16.1. The van der Waals surface area contributed by atoms with E-state index in [1.54, 1.807) is 19.1 Å². The Labute approximate surface area is 128 Å². The molecule has 0 radical (unpaired) electrons. The van der Waals surface area contributed by atoms with Crippen LogP contribution in [0, 0.1) is 0 Å². The van der Waals surface area contributed by atoms with Crippen molar-refractivity contribution in [3.8, 4) is 5.75 Å². The normalized spacial score (nSPS) is 11.5. The third kappa shape index (κ3) is 3.41. The molecule has 2 rings (SSSR count). The van der Waals surface area contributed by atoms with E-state index in [9.17, 15) is 9.59 Å². The van der Waals surface area contributed by atoms with Crippen molar-refractivity contribution in [2.24, 2.45) is 0 Å². The summed E-state index contributed by atoms with van der Waals surface area (Å²) in [4.78, 5) is 23.4. The van der Waals surface area contributed by atoms with E-state index in [2.05, 4.69) is 0 Å². The fraction of sp³-hybridized carbons (Fsp3) is 0.111. The fourth-order valence-corrected chi connectivity index (χ4v) is 1.97. The van der Waals surface area contributed by atoms with Crippen LogP contribution in [0.25, 0.3) is 5.57 Å². The van der Waals surface area contributed by atoms with Crippen molar-refractivity contribution in [2.45, 2.75) is 13.8 Å². The summed E-state index contributed by atoms with van der Waals surface area (Å²) in [6.07, 6.45) is 0. The number of hydrogen-bond acceptors (Lipinski definition) is 3. The third-order valence-corrected chi connectivity index (χ3v) is 3.40. The summed E-state index contributed by atoms with van der Waals surface area (Å²) in [5.41, 5.74) is 2.11. The first kappa shape index (κ1) is 15.5. The van der Waals surface area contributed by atoms with Gasteiger partial charge >= 0.3 is 11.9 Å². The van der Waals surface area contributed by atoms with Crippen molar-refractivity contribution in [1.82, 2.24) is 0 Å². The van der Waals surface area contributed by atoms with Crippen LogP contribution in [0.4, 0.5) is 0 Å². The Kier molecular flexibility index (Phi) is 4.73. The van der Waals surface area contributed by atoms with Gasteiger partial charge in [-0.15, -0.1) is 0 Å². The van der Waals surface area contributed by atoms with Crippen LogP contribution in [0.5, 0.6) is 5.75 Å². The number of carbonyl (C=O) groups excluding carboxylic acids is 1. The molecule has 0 bridgehead atoms. The second kappa shape index (κ2) is 6.72. The second-order valence-electron chi connectivity index (χ2n) is 4.81. The molecule has 0 amide bonds. The highest BCUT2D eigenvalue weighted by molar-refractivity contribution is 5.99. The quantitative estimate of drug-likeness (QED) is 0.530. The number of rotatable bonds is 4. The Morgan fingerprint density at radius 2 is 1.50 bits per heavy atom. The van der Waals surface area contributed by atoms with Crippen LogP contribution in [0.1, 0.15) is 29.8 Å². The van der Waals surface area contributed by atoms with Crippen LogP contribution in [-0.2, 0) is 4.79 Å². The van der Waals surface area contributed by atoms with Crippen molar-refractivity contribution >= 4 is 17.5 Å².